The van der Waals surface area contributed by atoms with Crippen molar-refractivity contribution < 1.29 is 22.7 Å². The molecule has 0 atom stereocenters. The lowest BCUT2D eigenvalue weighted by atomic mass is 10.2. The first kappa shape index (κ1) is 23.2. The highest BCUT2D eigenvalue weighted by Crippen LogP contribution is 2.32. The molecule has 2 rings (SSSR count). The number of carbonyl (C=O) groups is 1. The molecule has 0 saturated carbocycles. The molecule has 0 aromatic heterocycles. The van der Waals surface area contributed by atoms with Crippen LogP contribution in [0.15, 0.2) is 60.2 Å². The monoisotopic (exact) mass is 451 g/mol. The van der Waals surface area contributed by atoms with Crippen LogP contribution in [-0.4, -0.2) is 47.1 Å². The minimum Gasteiger partial charge on any atom is -0.495 e. The number of ether oxygens (including phenoxy) is 2. The summed E-state index contributed by atoms with van der Waals surface area (Å²) in [7, 11) is -2.40. The molecule has 1 N–H and O–H groups in total. The van der Waals surface area contributed by atoms with Crippen molar-refractivity contribution >= 4 is 39.4 Å². The van der Waals surface area contributed by atoms with Crippen LogP contribution in [0.2, 0.25) is 5.02 Å². The molecule has 30 heavy (non-hydrogen) atoms. The average Bonchev–Trinajstić information content (AvgIpc) is 2.70. The second-order valence-electron chi connectivity index (χ2n) is 6.05. The van der Waals surface area contributed by atoms with Crippen molar-refractivity contribution in [2.24, 2.45) is 5.10 Å². The minimum atomic E-state index is -3.80. The number of nitrogens with zero attached hydrogens (tertiary/aromatic N) is 2. The normalized spacial score (nSPS) is 11.2. The minimum absolute atomic E-state index is 0.152. The van der Waals surface area contributed by atoms with Gasteiger partial charge in [-0.2, -0.15) is 5.10 Å². The molecule has 0 aliphatic heterocycles. The summed E-state index contributed by atoms with van der Waals surface area (Å²) in [4.78, 5) is 12.3. The Morgan fingerprint density at radius 3 is 2.73 bits per heavy atom. The summed E-state index contributed by atoms with van der Waals surface area (Å²) in [6, 6.07) is 11.6. The van der Waals surface area contributed by atoms with E-state index in [2.05, 4.69) is 17.1 Å². The second kappa shape index (κ2) is 10.7. The summed E-state index contributed by atoms with van der Waals surface area (Å²) < 4.78 is 36.0. The van der Waals surface area contributed by atoms with Gasteiger partial charge in [0, 0.05) is 5.02 Å². The summed E-state index contributed by atoms with van der Waals surface area (Å²) in [5.74, 6) is 0.247. The maximum atomic E-state index is 12.3. The van der Waals surface area contributed by atoms with Crippen LogP contribution in [0.1, 0.15) is 5.56 Å². The van der Waals surface area contributed by atoms with E-state index in [1.54, 1.807) is 36.4 Å². The fraction of sp³-hybridized carbons (Fsp3) is 0.200. The first-order valence-electron chi connectivity index (χ1n) is 8.71. The summed E-state index contributed by atoms with van der Waals surface area (Å²) in [5, 5.41) is 4.18. The largest absolute Gasteiger partial charge is 0.495 e. The third-order valence-electron chi connectivity index (χ3n) is 3.73. The fourth-order valence-corrected chi connectivity index (χ4v) is 3.44. The van der Waals surface area contributed by atoms with E-state index >= 15 is 0 Å². The Hall–Kier alpha value is -3.04. The molecule has 10 heteroatoms. The number of hydrogen-bond acceptors (Lipinski definition) is 6. The van der Waals surface area contributed by atoms with Gasteiger partial charge in [-0.1, -0.05) is 36.4 Å². The standard InChI is InChI=1S/C20H22ClN3O5S/c1-4-10-29-17-7-5-6-15(11-17)13-22-23-20(25)14-24(30(3,26)27)18-12-16(21)8-9-19(18)28-2/h4-9,11-13H,1,10,14H2,2-3H3,(H,23,25)/b22-13-. The predicted molar refractivity (Wildman–Crippen MR) is 118 cm³/mol. The van der Waals surface area contributed by atoms with Gasteiger partial charge in [0.25, 0.3) is 5.91 Å². The highest BCUT2D eigenvalue weighted by molar-refractivity contribution is 7.92. The molecule has 0 aliphatic carbocycles. The smallest absolute Gasteiger partial charge is 0.260 e. The molecular weight excluding hydrogens is 430 g/mol. The SMILES string of the molecule is C=CCOc1cccc(/C=N\NC(=O)CN(c2cc(Cl)ccc2OC)S(C)(=O)=O)c1. The van der Waals surface area contributed by atoms with E-state index in [1.165, 1.54) is 25.5 Å². The highest BCUT2D eigenvalue weighted by Gasteiger charge is 2.24. The number of halogens is 1. The van der Waals surface area contributed by atoms with E-state index in [9.17, 15) is 13.2 Å². The number of carbonyl (C=O) groups excluding carboxylic acids is 1. The van der Waals surface area contributed by atoms with Gasteiger partial charge in [-0.3, -0.25) is 9.10 Å². The summed E-state index contributed by atoms with van der Waals surface area (Å²) >= 11 is 5.98. The van der Waals surface area contributed by atoms with Gasteiger partial charge in [0.1, 0.15) is 24.7 Å². The highest BCUT2D eigenvalue weighted by atomic mass is 35.5. The Balaban J connectivity index is 2.12. The lowest BCUT2D eigenvalue weighted by Gasteiger charge is -2.23. The van der Waals surface area contributed by atoms with Gasteiger partial charge in [-0.25, -0.2) is 13.8 Å². The maximum absolute atomic E-state index is 12.3. The Labute approximate surface area is 180 Å². The zero-order valence-electron chi connectivity index (χ0n) is 16.5. The Kier molecular flexibility index (Phi) is 8.25. The van der Waals surface area contributed by atoms with Gasteiger partial charge in [-0.05, 0) is 35.9 Å². The number of nitrogens with one attached hydrogen (secondary N) is 1. The van der Waals surface area contributed by atoms with Crippen LogP contribution in [0.25, 0.3) is 0 Å². The molecule has 160 valence electrons. The number of amides is 1. The van der Waals surface area contributed by atoms with E-state index in [0.717, 1.165) is 10.6 Å². The Morgan fingerprint density at radius 2 is 2.07 bits per heavy atom. The van der Waals surface area contributed by atoms with Gasteiger partial charge >= 0.3 is 0 Å². The molecule has 1 amide bonds. The van der Waals surface area contributed by atoms with Crippen LogP contribution < -0.4 is 19.2 Å². The van der Waals surface area contributed by atoms with Crippen LogP contribution in [0.4, 0.5) is 5.69 Å². The van der Waals surface area contributed by atoms with Crippen molar-refractivity contribution in [1.29, 1.82) is 0 Å². The topological polar surface area (TPSA) is 97.3 Å². The number of hydrazone groups is 1. The van der Waals surface area contributed by atoms with E-state index in [-0.39, 0.29) is 11.4 Å². The van der Waals surface area contributed by atoms with E-state index < -0.39 is 22.5 Å². The van der Waals surface area contributed by atoms with E-state index in [4.69, 9.17) is 21.1 Å². The van der Waals surface area contributed by atoms with E-state index in [1.807, 2.05) is 0 Å². The first-order valence-corrected chi connectivity index (χ1v) is 10.9. The molecule has 0 aliphatic rings. The molecule has 8 nitrogen and oxygen atoms in total. The van der Waals surface area contributed by atoms with Gasteiger partial charge < -0.3 is 9.47 Å². The molecule has 0 fully saturated rings. The molecule has 0 heterocycles. The Morgan fingerprint density at radius 1 is 1.30 bits per heavy atom. The zero-order valence-corrected chi connectivity index (χ0v) is 18.1. The van der Waals surface area contributed by atoms with Gasteiger partial charge in [0.15, 0.2) is 0 Å². The number of anilines is 1. The quantitative estimate of drug-likeness (QED) is 0.340. The van der Waals surface area contributed by atoms with Crippen molar-refractivity contribution in [3.63, 3.8) is 0 Å². The molecule has 0 saturated heterocycles. The van der Waals surface area contributed by atoms with Crippen LogP contribution >= 0.6 is 11.6 Å². The number of methoxy groups -OCH3 is 1. The molecule has 0 bridgehead atoms. The first-order chi connectivity index (χ1) is 14.2. The maximum Gasteiger partial charge on any atom is 0.260 e. The predicted octanol–water partition coefficient (Wildman–Crippen LogP) is 2.83. The van der Waals surface area contributed by atoms with Crippen molar-refractivity contribution in [2.45, 2.75) is 0 Å². The van der Waals surface area contributed by atoms with Crippen LogP contribution in [0.3, 0.4) is 0 Å². The number of benzene rings is 2. The number of rotatable bonds is 10. The molecule has 0 unspecified atom stereocenters. The van der Waals surface area contributed by atoms with Gasteiger partial charge in [0.05, 0.1) is 25.3 Å². The molecule has 2 aromatic rings. The summed E-state index contributed by atoms with van der Waals surface area (Å²) in [5.41, 5.74) is 3.15. The third-order valence-corrected chi connectivity index (χ3v) is 5.09. The lowest BCUT2D eigenvalue weighted by Crippen LogP contribution is -2.39. The van der Waals surface area contributed by atoms with Gasteiger partial charge in [0.2, 0.25) is 10.0 Å². The summed E-state index contributed by atoms with van der Waals surface area (Å²) in [6.45, 7) is 3.45. The van der Waals surface area contributed by atoms with Crippen molar-refractivity contribution in [2.75, 3.05) is 30.8 Å². The zero-order chi connectivity index (χ0) is 22.1. The van der Waals surface area contributed by atoms with Crippen LogP contribution in [-0.2, 0) is 14.8 Å². The Bertz CT molecular complexity index is 1040. The fourth-order valence-electron chi connectivity index (χ4n) is 2.42. The van der Waals surface area contributed by atoms with Crippen molar-refractivity contribution in [3.8, 4) is 11.5 Å². The third kappa shape index (κ3) is 6.78. The molecule has 2 aromatic carbocycles. The van der Waals surface area contributed by atoms with Crippen LogP contribution in [0.5, 0.6) is 11.5 Å². The molecule has 0 radical (unpaired) electrons. The van der Waals surface area contributed by atoms with Crippen molar-refractivity contribution in [3.05, 3.63) is 65.7 Å². The number of sulfonamides is 1. The summed E-state index contributed by atoms with van der Waals surface area (Å²) in [6.07, 6.45) is 4.03. The average molecular weight is 452 g/mol. The van der Waals surface area contributed by atoms with Crippen LogP contribution in [0, 0.1) is 0 Å². The lowest BCUT2D eigenvalue weighted by molar-refractivity contribution is -0.119. The van der Waals surface area contributed by atoms with E-state index in [0.29, 0.717) is 22.9 Å². The number of hydrogen-bond donors (Lipinski definition) is 1. The second-order valence-corrected chi connectivity index (χ2v) is 8.39. The van der Waals surface area contributed by atoms with Crippen molar-refractivity contribution in [1.82, 2.24) is 5.43 Å². The molecule has 0 spiro atoms. The molecular formula is C20H22ClN3O5S. The van der Waals surface area contributed by atoms with Gasteiger partial charge in [-0.15, -0.1) is 0 Å².